The highest BCUT2D eigenvalue weighted by molar-refractivity contribution is 5.92. The predicted octanol–water partition coefficient (Wildman–Crippen LogP) is 2.04. The number of phenolic OH excluding ortho intramolecular Hbond substituents is 1. The highest BCUT2D eigenvalue weighted by atomic mass is 16.3. The van der Waals surface area contributed by atoms with Crippen LogP contribution in [-0.4, -0.2) is 48.6 Å². The number of likely N-dealkylation sites (tertiary alicyclic amines) is 1. The molecule has 0 aliphatic carbocycles. The molecular weight excluding hydrogens is 290 g/mol. The first-order valence-electron chi connectivity index (χ1n) is 8.73. The van der Waals surface area contributed by atoms with E-state index >= 15 is 0 Å². The van der Waals surface area contributed by atoms with Crippen molar-refractivity contribution in [2.75, 3.05) is 38.0 Å². The standard InChI is InChI=1S/C18H27N3O2/c22-17-3-1-16(2-4-17)20-18(23)15-7-11-21(12-8-15)13-14-5-9-19-10-6-14/h1-4,14-15,19,22H,5-13H2,(H,20,23). The first-order chi connectivity index (χ1) is 11.2. The van der Waals surface area contributed by atoms with Gasteiger partial charge in [0.1, 0.15) is 5.75 Å². The Bertz CT molecular complexity index is 504. The molecular formula is C18H27N3O2. The molecule has 23 heavy (non-hydrogen) atoms. The Kier molecular flexibility index (Phi) is 5.51. The van der Waals surface area contributed by atoms with Crippen LogP contribution in [0.25, 0.3) is 0 Å². The molecule has 3 rings (SSSR count). The smallest absolute Gasteiger partial charge is 0.227 e. The number of nitrogens with one attached hydrogen (secondary N) is 2. The fraction of sp³-hybridized carbons (Fsp3) is 0.611. The monoisotopic (exact) mass is 317 g/mol. The van der Waals surface area contributed by atoms with E-state index in [2.05, 4.69) is 15.5 Å². The summed E-state index contributed by atoms with van der Waals surface area (Å²) in [6.45, 7) is 5.54. The molecule has 1 aromatic carbocycles. The molecule has 0 unspecified atom stereocenters. The van der Waals surface area contributed by atoms with Crippen molar-refractivity contribution >= 4 is 11.6 Å². The van der Waals surface area contributed by atoms with Gasteiger partial charge in [0.2, 0.25) is 5.91 Å². The normalized spacial score (nSPS) is 21.2. The number of phenols is 1. The fourth-order valence-corrected chi connectivity index (χ4v) is 3.60. The van der Waals surface area contributed by atoms with Crippen LogP contribution in [0.15, 0.2) is 24.3 Å². The molecule has 0 atom stereocenters. The number of rotatable bonds is 4. The van der Waals surface area contributed by atoms with Crippen molar-refractivity contribution < 1.29 is 9.90 Å². The van der Waals surface area contributed by atoms with Gasteiger partial charge in [-0.3, -0.25) is 4.79 Å². The van der Waals surface area contributed by atoms with E-state index in [1.54, 1.807) is 24.3 Å². The molecule has 2 aliphatic heterocycles. The maximum Gasteiger partial charge on any atom is 0.227 e. The molecule has 0 aromatic heterocycles. The molecule has 5 nitrogen and oxygen atoms in total. The summed E-state index contributed by atoms with van der Waals surface area (Å²) < 4.78 is 0. The van der Waals surface area contributed by atoms with Crippen molar-refractivity contribution in [1.82, 2.24) is 10.2 Å². The van der Waals surface area contributed by atoms with Gasteiger partial charge in [-0.05, 0) is 82.0 Å². The highest BCUT2D eigenvalue weighted by Gasteiger charge is 2.26. The Morgan fingerprint density at radius 2 is 1.78 bits per heavy atom. The van der Waals surface area contributed by atoms with E-state index in [0.717, 1.165) is 50.6 Å². The van der Waals surface area contributed by atoms with Gasteiger partial charge in [-0.15, -0.1) is 0 Å². The number of hydrogen-bond donors (Lipinski definition) is 3. The average Bonchev–Trinajstić information content (AvgIpc) is 2.58. The number of piperidine rings is 2. The Morgan fingerprint density at radius 1 is 1.13 bits per heavy atom. The fourth-order valence-electron chi connectivity index (χ4n) is 3.60. The van der Waals surface area contributed by atoms with Gasteiger partial charge in [-0.2, -0.15) is 0 Å². The van der Waals surface area contributed by atoms with E-state index in [4.69, 9.17) is 0 Å². The number of aromatic hydroxyl groups is 1. The van der Waals surface area contributed by atoms with E-state index in [1.807, 2.05) is 0 Å². The van der Waals surface area contributed by atoms with Crippen LogP contribution in [0.2, 0.25) is 0 Å². The minimum absolute atomic E-state index is 0.105. The number of anilines is 1. The molecule has 1 amide bonds. The zero-order valence-electron chi connectivity index (χ0n) is 13.6. The van der Waals surface area contributed by atoms with Crippen molar-refractivity contribution in [3.8, 4) is 5.75 Å². The van der Waals surface area contributed by atoms with Gasteiger partial charge in [0.25, 0.3) is 0 Å². The lowest BCUT2D eigenvalue weighted by molar-refractivity contribution is -0.121. The van der Waals surface area contributed by atoms with Crippen LogP contribution in [0.1, 0.15) is 25.7 Å². The second-order valence-corrected chi connectivity index (χ2v) is 6.80. The summed E-state index contributed by atoms with van der Waals surface area (Å²) >= 11 is 0. The van der Waals surface area contributed by atoms with Crippen LogP contribution in [0.5, 0.6) is 5.75 Å². The molecule has 1 aromatic rings. The summed E-state index contributed by atoms with van der Waals surface area (Å²) in [5.41, 5.74) is 0.755. The SMILES string of the molecule is O=C(Nc1ccc(O)cc1)C1CCN(CC2CCNCC2)CC1. The topological polar surface area (TPSA) is 64.6 Å². The molecule has 2 fully saturated rings. The van der Waals surface area contributed by atoms with Gasteiger partial charge in [-0.25, -0.2) is 0 Å². The summed E-state index contributed by atoms with van der Waals surface area (Å²) in [4.78, 5) is 14.9. The van der Waals surface area contributed by atoms with E-state index in [9.17, 15) is 9.90 Å². The van der Waals surface area contributed by atoms with Crippen LogP contribution in [0.4, 0.5) is 5.69 Å². The van der Waals surface area contributed by atoms with Crippen molar-refractivity contribution in [3.05, 3.63) is 24.3 Å². The summed E-state index contributed by atoms with van der Waals surface area (Å²) in [6.07, 6.45) is 4.44. The van der Waals surface area contributed by atoms with Crippen LogP contribution in [0, 0.1) is 11.8 Å². The lowest BCUT2D eigenvalue weighted by Gasteiger charge is -2.35. The second kappa shape index (κ2) is 7.79. The van der Waals surface area contributed by atoms with Gasteiger partial charge >= 0.3 is 0 Å². The third-order valence-electron chi connectivity index (χ3n) is 5.07. The summed E-state index contributed by atoms with van der Waals surface area (Å²) in [7, 11) is 0. The molecule has 126 valence electrons. The quantitative estimate of drug-likeness (QED) is 0.744. The van der Waals surface area contributed by atoms with E-state index in [1.165, 1.54) is 19.4 Å². The van der Waals surface area contributed by atoms with Crippen LogP contribution >= 0.6 is 0 Å². The number of hydrogen-bond acceptors (Lipinski definition) is 4. The molecule has 5 heteroatoms. The molecule has 0 bridgehead atoms. The third kappa shape index (κ3) is 4.69. The summed E-state index contributed by atoms with van der Waals surface area (Å²) in [5.74, 6) is 1.25. The number of amides is 1. The average molecular weight is 317 g/mol. The number of nitrogens with zero attached hydrogens (tertiary/aromatic N) is 1. The van der Waals surface area contributed by atoms with Gasteiger partial charge in [-0.1, -0.05) is 0 Å². The summed E-state index contributed by atoms with van der Waals surface area (Å²) in [5, 5.41) is 15.7. The Balaban J connectivity index is 1.42. The lowest BCUT2D eigenvalue weighted by atomic mass is 9.93. The minimum atomic E-state index is 0.105. The molecule has 2 heterocycles. The van der Waals surface area contributed by atoms with Crippen LogP contribution < -0.4 is 10.6 Å². The van der Waals surface area contributed by atoms with Gasteiger partial charge < -0.3 is 20.6 Å². The molecule has 2 saturated heterocycles. The molecule has 0 radical (unpaired) electrons. The summed E-state index contributed by atoms with van der Waals surface area (Å²) in [6, 6.07) is 6.66. The highest BCUT2D eigenvalue weighted by Crippen LogP contribution is 2.22. The van der Waals surface area contributed by atoms with Crippen LogP contribution in [0.3, 0.4) is 0 Å². The van der Waals surface area contributed by atoms with Gasteiger partial charge in [0, 0.05) is 18.2 Å². The van der Waals surface area contributed by atoms with Crippen molar-refractivity contribution in [2.24, 2.45) is 11.8 Å². The van der Waals surface area contributed by atoms with Crippen molar-refractivity contribution in [3.63, 3.8) is 0 Å². The minimum Gasteiger partial charge on any atom is -0.508 e. The molecule has 0 saturated carbocycles. The Morgan fingerprint density at radius 3 is 2.43 bits per heavy atom. The molecule has 3 N–H and O–H groups in total. The van der Waals surface area contributed by atoms with E-state index in [-0.39, 0.29) is 17.6 Å². The first kappa shape index (κ1) is 16.3. The molecule has 0 spiro atoms. The van der Waals surface area contributed by atoms with E-state index in [0.29, 0.717) is 0 Å². The van der Waals surface area contributed by atoms with Gasteiger partial charge in [0.15, 0.2) is 0 Å². The Hall–Kier alpha value is -1.59. The lowest BCUT2D eigenvalue weighted by Crippen LogP contribution is -2.42. The van der Waals surface area contributed by atoms with Gasteiger partial charge in [0.05, 0.1) is 0 Å². The first-order valence-corrected chi connectivity index (χ1v) is 8.73. The zero-order chi connectivity index (χ0) is 16.1. The number of carbonyl (C=O) groups excluding carboxylic acids is 1. The van der Waals surface area contributed by atoms with Crippen molar-refractivity contribution in [2.45, 2.75) is 25.7 Å². The number of benzene rings is 1. The maximum absolute atomic E-state index is 12.3. The van der Waals surface area contributed by atoms with Crippen LogP contribution in [-0.2, 0) is 4.79 Å². The second-order valence-electron chi connectivity index (χ2n) is 6.80. The number of carbonyl (C=O) groups is 1. The third-order valence-corrected chi connectivity index (χ3v) is 5.07. The van der Waals surface area contributed by atoms with Crippen molar-refractivity contribution in [1.29, 1.82) is 0 Å². The largest absolute Gasteiger partial charge is 0.508 e. The maximum atomic E-state index is 12.3. The predicted molar refractivity (Wildman–Crippen MR) is 91.5 cm³/mol. The zero-order valence-corrected chi connectivity index (χ0v) is 13.6. The molecule has 2 aliphatic rings. The Labute approximate surface area is 138 Å². The van der Waals surface area contributed by atoms with E-state index < -0.39 is 0 Å².